The van der Waals surface area contributed by atoms with Crippen LogP contribution >= 0.6 is 34.5 Å². The van der Waals surface area contributed by atoms with Crippen molar-refractivity contribution < 1.29 is 4.79 Å². The Balaban J connectivity index is 2.09. The molecule has 2 heterocycles. The Morgan fingerprint density at radius 3 is 2.64 bits per heavy atom. The Morgan fingerprint density at radius 2 is 2.00 bits per heavy atom. The molecule has 3 aromatic rings. The van der Waals surface area contributed by atoms with Crippen LogP contribution in [0, 0.1) is 0 Å². The molecule has 0 amide bonds. The second kappa shape index (κ2) is 8.61. The third kappa shape index (κ3) is 4.38. The zero-order valence-corrected chi connectivity index (χ0v) is 18.2. The molecule has 3 rings (SSSR count). The molecule has 0 aliphatic heterocycles. The Kier molecular flexibility index (Phi) is 6.40. The number of nitrogens with zero attached hydrogens (tertiary/aromatic N) is 3. The van der Waals surface area contributed by atoms with Crippen molar-refractivity contribution in [2.75, 3.05) is 38.2 Å². The third-order valence-electron chi connectivity index (χ3n) is 4.17. The normalized spacial score (nSPS) is 11.4. The number of hydrogen-bond donors (Lipinski definition) is 2. The molecule has 6 nitrogen and oxygen atoms in total. The fourth-order valence-corrected chi connectivity index (χ4v) is 4.10. The number of thiophene rings is 1. The van der Waals surface area contributed by atoms with Gasteiger partial charge in [-0.2, -0.15) is 0 Å². The third-order valence-corrected chi connectivity index (χ3v) is 6.11. The molecule has 0 saturated heterocycles. The molecule has 0 atom stereocenters. The first-order chi connectivity index (χ1) is 13.3. The molecule has 0 saturated carbocycles. The Labute approximate surface area is 177 Å². The number of nitrogens with two attached hydrogens (primary N) is 1. The van der Waals surface area contributed by atoms with E-state index in [1.54, 1.807) is 12.1 Å². The van der Waals surface area contributed by atoms with Gasteiger partial charge in [-0.15, -0.1) is 11.3 Å². The second-order valence-corrected chi connectivity index (χ2v) is 8.50. The second-order valence-electron chi connectivity index (χ2n) is 6.69. The summed E-state index contributed by atoms with van der Waals surface area (Å²) in [6, 6.07) is 5.29. The summed E-state index contributed by atoms with van der Waals surface area (Å²) in [5.74, 6) is 0.393. The summed E-state index contributed by atoms with van der Waals surface area (Å²) in [5.41, 5.74) is 8.06. The van der Waals surface area contributed by atoms with Gasteiger partial charge in [0.2, 0.25) is 5.95 Å². The maximum absolute atomic E-state index is 12.0. The number of anilines is 2. The highest BCUT2D eigenvalue weighted by atomic mass is 35.5. The number of Topliss-reactive ketones (excluding diaryl/α,β-unsaturated/α-hetero) is 1. The van der Waals surface area contributed by atoms with Crippen LogP contribution < -0.4 is 11.1 Å². The van der Waals surface area contributed by atoms with Crippen molar-refractivity contribution in [1.82, 2.24) is 14.9 Å². The standard InChI is InChI=1S/C19H21Cl2N5OS/c1-10(27)17-15(22)14-16(11-5-6-12(20)13(21)9-11)24-19(25-18(14)28-17)23-7-4-8-26(2)3/h5-6,9H,4,7-8,22H2,1-3H3,(H,23,24,25). The zero-order chi connectivity index (χ0) is 20.4. The van der Waals surface area contributed by atoms with Gasteiger partial charge in [-0.05, 0) is 39.2 Å². The van der Waals surface area contributed by atoms with Crippen LogP contribution in [0.15, 0.2) is 18.2 Å². The molecule has 0 fully saturated rings. The van der Waals surface area contributed by atoms with Crippen LogP contribution in [0.3, 0.4) is 0 Å². The van der Waals surface area contributed by atoms with Crippen LogP contribution in [0.2, 0.25) is 10.0 Å². The molecular weight excluding hydrogens is 417 g/mol. The van der Waals surface area contributed by atoms with E-state index in [0.29, 0.717) is 42.5 Å². The summed E-state index contributed by atoms with van der Waals surface area (Å²) < 4.78 is 0. The first-order valence-electron chi connectivity index (χ1n) is 8.73. The van der Waals surface area contributed by atoms with E-state index in [0.717, 1.165) is 25.1 Å². The number of nitrogens with one attached hydrogen (secondary N) is 1. The number of halogens is 2. The fraction of sp³-hybridized carbons (Fsp3) is 0.316. The van der Waals surface area contributed by atoms with Gasteiger partial charge in [0.15, 0.2) is 5.78 Å². The quantitative estimate of drug-likeness (QED) is 0.407. The lowest BCUT2D eigenvalue weighted by Gasteiger charge is -2.11. The van der Waals surface area contributed by atoms with E-state index in [2.05, 4.69) is 20.2 Å². The van der Waals surface area contributed by atoms with E-state index in [1.165, 1.54) is 18.3 Å². The van der Waals surface area contributed by atoms with Gasteiger partial charge in [-0.3, -0.25) is 4.79 Å². The maximum atomic E-state index is 12.0. The van der Waals surface area contributed by atoms with E-state index >= 15 is 0 Å². The summed E-state index contributed by atoms with van der Waals surface area (Å²) in [6.45, 7) is 3.17. The summed E-state index contributed by atoms with van der Waals surface area (Å²) >= 11 is 13.5. The van der Waals surface area contributed by atoms with Crippen molar-refractivity contribution in [3.05, 3.63) is 33.1 Å². The molecule has 1 aromatic carbocycles. The molecule has 9 heteroatoms. The fourth-order valence-electron chi connectivity index (χ4n) is 2.81. The van der Waals surface area contributed by atoms with Crippen molar-refractivity contribution in [2.45, 2.75) is 13.3 Å². The number of carbonyl (C=O) groups excluding carboxylic acids is 1. The Bertz CT molecular complexity index is 1030. The van der Waals surface area contributed by atoms with Gasteiger partial charge in [0.05, 0.1) is 31.7 Å². The highest BCUT2D eigenvalue weighted by molar-refractivity contribution is 7.21. The lowest BCUT2D eigenvalue weighted by atomic mass is 10.1. The number of aromatic nitrogens is 2. The minimum Gasteiger partial charge on any atom is -0.397 e. The predicted octanol–water partition coefficient (Wildman–Crippen LogP) is 4.81. The van der Waals surface area contributed by atoms with Crippen LogP contribution in [0.1, 0.15) is 23.0 Å². The topological polar surface area (TPSA) is 84.1 Å². The minimum atomic E-state index is -0.0962. The van der Waals surface area contributed by atoms with Gasteiger partial charge in [0, 0.05) is 19.0 Å². The molecule has 0 aliphatic carbocycles. The van der Waals surface area contributed by atoms with Crippen LogP contribution in [-0.4, -0.2) is 47.8 Å². The number of carbonyl (C=O) groups is 1. The average molecular weight is 438 g/mol. The number of ketones is 1. The van der Waals surface area contributed by atoms with Gasteiger partial charge in [-0.25, -0.2) is 9.97 Å². The first kappa shape index (κ1) is 20.8. The SMILES string of the molecule is CC(=O)c1sc2nc(NCCCN(C)C)nc(-c3ccc(Cl)c(Cl)c3)c2c1N. The molecular formula is C19H21Cl2N5OS. The number of nitrogen functional groups attached to an aromatic ring is 1. The minimum absolute atomic E-state index is 0.0962. The van der Waals surface area contributed by atoms with Crippen molar-refractivity contribution in [3.8, 4) is 11.3 Å². The summed E-state index contributed by atoms with van der Waals surface area (Å²) in [5, 5.41) is 4.80. The van der Waals surface area contributed by atoms with E-state index in [4.69, 9.17) is 28.9 Å². The highest BCUT2D eigenvalue weighted by Crippen LogP contribution is 2.40. The predicted molar refractivity (Wildman–Crippen MR) is 119 cm³/mol. The molecule has 0 bridgehead atoms. The summed E-state index contributed by atoms with van der Waals surface area (Å²) in [7, 11) is 4.06. The van der Waals surface area contributed by atoms with Crippen LogP contribution in [0.25, 0.3) is 21.5 Å². The molecule has 3 N–H and O–H groups in total. The van der Waals surface area contributed by atoms with Crippen molar-refractivity contribution in [3.63, 3.8) is 0 Å². The molecule has 2 aromatic heterocycles. The smallest absolute Gasteiger partial charge is 0.224 e. The monoisotopic (exact) mass is 437 g/mol. The number of rotatable bonds is 7. The van der Waals surface area contributed by atoms with Crippen molar-refractivity contribution in [1.29, 1.82) is 0 Å². The number of hydrogen-bond acceptors (Lipinski definition) is 7. The van der Waals surface area contributed by atoms with Gasteiger partial charge in [0.1, 0.15) is 4.83 Å². The van der Waals surface area contributed by atoms with Crippen molar-refractivity contribution in [2.24, 2.45) is 0 Å². The van der Waals surface area contributed by atoms with E-state index < -0.39 is 0 Å². The average Bonchev–Trinajstić information content (AvgIpc) is 2.97. The first-order valence-corrected chi connectivity index (χ1v) is 10.3. The van der Waals surface area contributed by atoms with E-state index in [1.807, 2.05) is 20.2 Å². The molecule has 148 valence electrons. The Morgan fingerprint density at radius 1 is 1.25 bits per heavy atom. The summed E-state index contributed by atoms with van der Waals surface area (Å²) in [4.78, 5) is 24.5. The number of benzene rings is 1. The molecule has 0 spiro atoms. The van der Waals surface area contributed by atoms with Crippen LogP contribution in [0.5, 0.6) is 0 Å². The molecule has 0 aliphatic rings. The molecule has 0 unspecified atom stereocenters. The zero-order valence-electron chi connectivity index (χ0n) is 15.8. The molecule has 28 heavy (non-hydrogen) atoms. The van der Waals surface area contributed by atoms with E-state index in [-0.39, 0.29) is 5.78 Å². The van der Waals surface area contributed by atoms with Gasteiger partial charge in [-0.1, -0.05) is 29.3 Å². The molecule has 0 radical (unpaired) electrons. The van der Waals surface area contributed by atoms with Crippen molar-refractivity contribution >= 4 is 62.2 Å². The van der Waals surface area contributed by atoms with Gasteiger partial charge < -0.3 is 16.0 Å². The largest absolute Gasteiger partial charge is 0.397 e. The summed E-state index contributed by atoms with van der Waals surface area (Å²) in [6.07, 6.45) is 0.946. The van der Waals surface area contributed by atoms with E-state index in [9.17, 15) is 4.79 Å². The number of fused-ring (bicyclic) bond motifs is 1. The maximum Gasteiger partial charge on any atom is 0.224 e. The lowest BCUT2D eigenvalue weighted by Crippen LogP contribution is -2.17. The Hall–Kier alpha value is -1.93. The van der Waals surface area contributed by atoms with Gasteiger partial charge >= 0.3 is 0 Å². The highest BCUT2D eigenvalue weighted by Gasteiger charge is 2.20. The van der Waals surface area contributed by atoms with Gasteiger partial charge in [0.25, 0.3) is 0 Å². The van der Waals surface area contributed by atoms with Crippen LogP contribution in [0.4, 0.5) is 11.6 Å². The lowest BCUT2D eigenvalue weighted by molar-refractivity contribution is 0.102. The van der Waals surface area contributed by atoms with Crippen LogP contribution in [-0.2, 0) is 0 Å².